The highest BCUT2D eigenvalue weighted by molar-refractivity contribution is 9.10. The lowest BCUT2D eigenvalue weighted by atomic mass is 10.1. The van der Waals surface area contributed by atoms with E-state index in [4.69, 9.17) is 5.73 Å². The van der Waals surface area contributed by atoms with Gasteiger partial charge in [-0.3, -0.25) is 0 Å². The maximum Gasteiger partial charge on any atom is 0.165 e. The number of hydrogen-bond acceptors (Lipinski definition) is 3. The van der Waals surface area contributed by atoms with Crippen molar-refractivity contribution in [2.45, 2.75) is 25.8 Å². The van der Waals surface area contributed by atoms with Gasteiger partial charge >= 0.3 is 0 Å². The summed E-state index contributed by atoms with van der Waals surface area (Å²) in [4.78, 5) is 0. The molecule has 17 heavy (non-hydrogen) atoms. The number of aromatic nitrogens is 3. The SMILES string of the molecule is Nc1ccc(Br)c(-c2nnc3n2CCCC3)c1. The first-order valence-corrected chi connectivity index (χ1v) is 6.52. The Morgan fingerprint density at radius 3 is 3.00 bits per heavy atom. The Balaban J connectivity index is 2.15. The normalized spacial score (nSPS) is 14.6. The van der Waals surface area contributed by atoms with E-state index in [1.807, 2.05) is 18.2 Å². The lowest BCUT2D eigenvalue weighted by molar-refractivity contribution is 0.526. The van der Waals surface area contributed by atoms with Crippen molar-refractivity contribution in [1.29, 1.82) is 0 Å². The van der Waals surface area contributed by atoms with Crippen LogP contribution >= 0.6 is 15.9 Å². The van der Waals surface area contributed by atoms with E-state index in [-0.39, 0.29) is 0 Å². The molecule has 1 aromatic heterocycles. The molecule has 0 radical (unpaired) electrons. The molecule has 0 aliphatic carbocycles. The highest BCUT2D eigenvalue weighted by atomic mass is 79.9. The molecule has 0 amide bonds. The Kier molecular flexibility index (Phi) is 2.63. The van der Waals surface area contributed by atoms with Crippen molar-refractivity contribution in [3.05, 3.63) is 28.5 Å². The monoisotopic (exact) mass is 292 g/mol. The van der Waals surface area contributed by atoms with Gasteiger partial charge in [-0.15, -0.1) is 10.2 Å². The van der Waals surface area contributed by atoms with Crippen LogP contribution in [0.3, 0.4) is 0 Å². The molecule has 1 aromatic carbocycles. The zero-order valence-corrected chi connectivity index (χ0v) is 10.9. The van der Waals surface area contributed by atoms with Crippen LogP contribution in [0.5, 0.6) is 0 Å². The van der Waals surface area contributed by atoms with Gasteiger partial charge in [0.25, 0.3) is 0 Å². The summed E-state index contributed by atoms with van der Waals surface area (Å²) in [5, 5.41) is 8.55. The number of anilines is 1. The van der Waals surface area contributed by atoms with Crippen LogP contribution < -0.4 is 5.73 Å². The summed E-state index contributed by atoms with van der Waals surface area (Å²) in [5.41, 5.74) is 7.60. The van der Waals surface area contributed by atoms with Gasteiger partial charge in [0, 0.05) is 28.7 Å². The van der Waals surface area contributed by atoms with Gasteiger partial charge in [0.2, 0.25) is 0 Å². The first kappa shape index (κ1) is 10.8. The number of aryl methyl sites for hydroxylation is 1. The second-order valence-corrected chi connectivity index (χ2v) is 5.14. The van der Waals surface area contributed by atoms with Gasteiger partial charge in [0.05, 0.1) is 0 Å². The molecule has 0 saturated carbocycles. The summed E-state index contributed by atoms with van der Waals surface area (Å²) in [5.74, 6) is 2.00. The molecular weight excluding hydrogens is 280 g/mol. The minimum atomic E-state index is 0.747. The Bertz CT molecular complexity index is 562. The van der Waals surface area contributed by atoms with Gasteiger partial charge in [-0.05, 0) is 31.0 Å². The third kappa shape index (κ3) is 1.84. The van der Waals surface area contributed by atoms with Crippen molar-refractivity contribution in [2.75, 3.05) is 5.73 Å². The van der Waals surface area contributed by atoms with Crippen LogP contribution in [0.25, 0.3) is 11.4 Å². The first-order chi connectivity index (χ1) is 8.25. The molecule has 0 saturated heterocycles. The van der Waals surface area contributed by atoms with Crippen molar-refractivity contribution >= 4 is 21.6 Å². The van der Waals surface area contributed by atoms with Gasteiger partial charge in [-0.2, -0.15) is 0 Å². The number of benzene rings is 1. The van der Waals surface area contributed by atoms with Gasteiger partial charge < -0.3 is 10.3 Å². The third-order valence-electron chi connectivity index (χ3n) is 3.09. The summed E-state index contributed by atoms with van der Waals surface area (Å²) in [6.45, 7) is 0.999. The number of rotatable bonds is 1. The topological polar surface area (TPSA) is 56.7 Å². The van der Waals surface area contributed by atoms with Crippen molar-refractivity contribution in [3.63, 3.8) is 0 Å². The summed E-state index contributed by atoms with van der Waals surface area (Å²) in [6, 6.07) is 5.77. The average molecular weight is 293 g/mol. The molecule has 1 aliphatic rings. The maximum atomic E-state index is 5.83. The molecule has 0 spiro atoms. The van der Waals surface area contributed by atoms with E-state index in [2.05, 4.69) is 30.7 Å². The lowest BCUT2D eigenvalue weighted by Crippen LogP contribution is -2.11. The van der Waals surface area contributed by atoms with Crippen LogP contribution in [0.1, 0.15) is 18.7 Å². The van der Waals surface area contributed by atoms with E-state index in [0.717, 1.165) is 40.3 Å². The van der Waals surface area contributed by atoms with Gasteiger partial charge in [0.15, 0.2) is 5.82 Å². The van der Waals surface area contributed by atoms with Gasteiger partial charge in [0.1, 0.15) is 5.82 Å². The molecule has 1 aliphatic heterocycles. The Labute approximate surface area is 108 Å². The average Bonchev–Trinajstić information content (AvgIpc) is 2.76. The molecule has 0 unspecified atom stereocenters. The second-order valence-electron chi connectivity index (χ2n) is 4.29. The van der Waals surface area contributed by atoms with Crippen molar-refractivity contribution in [1.82, 2.24) is 14.8 Å². The second kappa shape index (κ2) is 4.14. The standard InChI is InChI=1S/C12H13BrN4/c13-10-5-4-8(14)7-9(10)12-16-15-11-3-1-2-6-17(11)12/h4-5,7H,1-3,6,14H2. The molecular formula is C12H13BrN4. The van der Waals surface area contributed by atoms with E-state index in [0.29, 0.717) is 0 Å². The minimum absolute atomic E-state index is 0.747. The van der Waals surface area contributed by atoms with Crippen molar-refractivity contribution in [3.8, 4) is 11.4 Å². The van der Waals surface area contributed by atoms with Crippen LogP contribution in [-0.4, -0.2) is 14.8 Å². The molecule has 88 valence electrons. The summed E-state index contributed by atoms with van der Waals surface area (Å²) in [7, 11) is 0. The van der Waals surface area contributed by atoms with E-state index in [9.17, 15) is 0 Å². The van der Waals surface area contributed by atoms with Crippen LogP contribution in [0.15, 0.2) is 22.7 Å². The molecule has 2 N–H and O–H groups in total. The quantitative estimate of drug-likeness (QED) is 0.822. The minimum Gasteiger partial charge on any atom is -0.399 e. The largest absolute Gasteiger partial charge is 0.399 e. The predicted molar refractivity (Wildman–Crippen MR) is 70.5 cm³/mol. The van der Waals surface area contributed by atoms with Crippen LogP contribution in [-0.2, 0) is 13.0 Å². The first-order valence-electron chi connectivity index (χ1n) is 5.73. The highest BCUT2D eigenvalue weighted by Crippen LogP contribution is 2.30. The molecule has 4 nitrogen and oxygen atoms in total. The summed E-state index contributed by atoms with van der Waals surface area (Å²) in [6.07, 6.45) is 3.42. The fraction of sp³-hybridized carbons (Fsp3) is 0.333. The number of nitrogen functional groups attached to an aromatic ring is 1. The third-order valence-corrected chi connectivity index (χ3v) is 3.78. The van der Waals surface area contributed by atoms with Crippen LogP contribution in [0.4, 0.5) is 5.69 Å². The molecule has 5 heteroatoms. The van der Waals surface area contributed by atoms with Gasteiger partial charge in [-0.25, -0.2) is 0 Å². The molecule has 2 heterocycles. The molecule has 3 rings (SSSR count). The highest BCUT2D eigenvalue weighted by Gasteiger charge is 2.18. The summed E-state index contributed by atoms with van der Waals surface area (Å²) >= 11 is 3.54. The van der Waals surface area contributed by atoms with E-state index >= 15 is 0 Å². The Hall–Kier alpha value is -1.36. The maximum absolute atomic E-state index is 5.83. The number of nitrogens with two attached hydrogens (primary N) is 1. The molecule has 0 atom stereocenters. The lowest BCUT2D eigenvalue weighted by Gasteiger charge is -2.15. The zero-order chi connectivity index (χ0) is 11.8. The van der Waals surface area contributed by atoms with Crippen molar-refractivity contribution in [2.24, 2.45) is 0 Å². The fourth-order valence-electron chi connectivity index (χ4n) is 2.22. The number of fused-ring (bicyclic) bond motifs is 1. The van der Waals surface area contributed by atoms with Crippen LogP contribution in [0, 0.1) is 0 Å². The van der Waals surface area contributed by atoms with Crippen LogP contribution in [0.2, 0.25) is 0 Å². The van der Waals surface area contributed by atoms with E-state index < -0.39 is 0 Å². The molecule has 2 aromatic rings. The molecule has 0 bridgehead atoms. The zero-order valence-electron chi connectivity index (χ0n) is 9.36. The number of nitrogens with zero attached hydrogens (tertiary/aromatic N) is 3. The fourth-order valence-corrected chi connectivity index (χ4v) is 2.65. The molecule has 0 fully saturated rings. The summed E-state index contributed by atoms with van der Waals surface area (Å²) < 4.78 is 3.20. The van der Waals surface area contributed by atoms with E-state index in [1.165, 1.54) is 12.8 Å². The number of hydrogen-bond donors (Lipinski definition) is 1. The smallest absolute Gasteiger partial charge is 0.165 e. The van der Waals surface area contributed by atoms with E-state index in [1.54, 1.807) is 0 Å². The Morgan fingerprint density at radius 2 is 2.12 bits per heavy atom. The predicted octanol–water partition coefficient (Wildman–Crippen LogP) is 2.63. The Morgan fingerprint density at radius 1 is 1.24 bits per heavy atom. The van der Waals surface area contributed by atoms with Crippen molar-refractivity contribution < 1.29 is 0 Å². The number of halogens is 1. The van der Waals surface area contributed by atoms with Gasteiger partial charge in [-0.1, -0.05) is 15.9 Å².